The number of likely N-dealkylation sites (tertiary alicyclic amines) is 1. The third-order valence-corrected chi connectivity index (χ3v) is 6.34. The predicted octanol–water partition coefficient (Wildman–Crippen LogP) is 3.26. The van der Waals surface area contributed by atoms with Crippen LogP contribution in [0, 0.1) is 0 Å². The first-order valence-corrected chi connectivity index (χ1v) is 11.3. The number of rotatable bonds is 7. The van der Waals surface area contributed by atoms with Gasteiger partial charge in [-0.2, -0.15) is 5.10 Å². The average Bonchev–Trinajstić information content (AvgIpc) is 2.76. The molecule has 3 aromatic rings. The Morgan fingerprint density at radius 1 is 1.03 bits per heavy atom. The lowest BCUT2D eigenvalue weighted by Gasteiger charge is -2.39. The summed E-state index contributed by atoms with van der Waals surface area (Å²) < 4.78 is 1.81. The van der Waals surface area contributed by atoms with Crippen molar-refractivity contribution in [3.05, 3.63) is 40.8 Å². The lowest BCUT2D eigenvalue weighted by Crippen LogP contribution is -2.44. The molecular weight excluding hydrogens is 390 g/mol. The van der Waals surface area contributed by atoms with Crippen LogP contribution in [0.15, 0.2) is 35.3 Å². The minimum Gasteiger partial charge on any atom is -0.366 e. The van der Waals surface area contributed by atoms with Gasteiger partial charge in [0.05, 0.1) is 17.2 Å². The summed E-state index contributed by atoms with van der Waals surface area (Å²) in [6, 6.07) is 9.05. The minimum atomic E-state index is -0.170. The summed E-state index contributed by atoms with van der Waals surface area (Å²) in [5.41, 5.74) is 7.70. The highest BCUT2D eigenvalue weighted by Crippen LogP contribution is 2.23. The summed E-state index contributed by atoms with van der Waals surface area (Å²) in [4.78, 5) is 24.6. The number of nitrogens with zero attached hydrogens (tertiary/aromatic N) is 6. The van der Waals surface area contributed by atoms with Crippen molar-refractivity contribution < 1.29 is 0 Å². The number of fused-ring (bicyclic) bond motifs is 1. The molecule has 1 aromatic carbocycles. The van der Waals surface area contributed by atoms with Crippen LogP contribution in [0.5, 0.6) is 0 Å². The van der Waals surface area contributed by atoms with E-state index >= 15 is 0 Å². The van der Waals surface area contributed by atoms with Gasteiger partial charge < -0.3 is 10.3 Å². The number of nitrogen functional groups attached to an aromatic ring is 1. The van der Waals surface area contributed by atoms with Gasteiger partial charge in [-0.1, -0.05) is 25.0 Å². The van der Waals surface area contributed by atoms with Gasteiger partial charge >= 0.3 is 0 Å². The van der Waals surface area contributed by atoms with Gasteiger partial charge in [0, 0.05) is 18.6 Å². The quantitative estimate of drug-likeness (QED) is 0.584. The van der Waals surface area contributed by atoms with Crippen LogP contribution < -0.4 is 11.3 Å². The molecular formula is C23H31N7O. The van der Waals surface area contributed by atoms with Crippen LogP contribution in [0.4, 0.5) is 5.95 Å². The van der Waals surface area contributed by atoms with E-state index in [4.69, 9.17) is 5.73 Å². The Labute approximate surface area is 182 Å². The zero-order valence-corrected chi connectivity index (χ0v) is 18.4. The largest absolute Gasteiger partial charge is 0.366 e. The molecule has 2 atom stereocenters. The molecule has 0 spiro atoms. The zero-order valence-electron chi connectivity index (χ0n) is 18.4. The first-order valence-electron chi connectivity index (χ1n) is 11.3. The summed E-state index contributed by atoms with van der Waals surface area (Å²) in [5.74, 6) is 0.0274. The molecule has 8 nitrogen and oxygen atoms in total. The van der Waals surface area contributed by atoms with Gasteiger partial charge in [0.15, 0.2) is 5.69 Å². The number of hydrogen-bond acceptors (Lipinski definition) is 7. The molecule has 3 heterocycles. The van der Waals surface area contributed by atoms with Gasteiger partial charge in [0.25, 0.3) is 5.56 Å². The molecule has 1 aliphatic rings. The van der Waals surface area contributed by atoms with Crippen molar-refractivity contribution >= 4 is 17.0 Å². The zero-order chi connectivity index (χ0) is 21.8. The van der Waals surface area contributed by atoms with Crippen LogP contribution in [0.2, 0.25) is 0 Å². The molecule has 0 saturated carbocycles. The predicted molar refractivity (Wildman–Crippen MR) is 123 cm³/mol. The van der Waals surface area contributed by atoms with Crippen LogP contribution in [0.1, 0.15) is 52.4 Å². The maximum Gasteiger partial charge on any atom is 0.279 e. The number of nitrogens with two attached hydrogens (primary N) is 1. The topological polar surface area (TPSA) is 103 Å². The molecule has 4 rings (SSSR count). The SMILES string of the molecule is C[C@@H]1CCC[C@H](C)N1CCCCCn1c(=O)c(-c2cnnc(N)n2)nc2ccccc21. The number of piperidine rings is 1. The van der Waals surface area contributed by atoms with E-state index in [1.54, 1.807) is 0 Å². The van der Waals surface area contributed by atoms with E-state index in [0.717, 1.165) is 36.8 Å². The van der Waals surface area contributed by atoms with E-state index in [2.05, 4.69) is 38.9 Å². The van der Waals surface area contributed by atoms with E-state index in [1.165, 1.54) is 25.5 Å². The second-order valence-corrected chi connectivity index (χ2v) is 8.53. The van der Waals surface area contributed by atoms with Gasteiger partial charge in [-0.3, -0.25) is 9.69 Å². The van der Waals surface area contributed by atoms with Crippen LogP contribution in [0.25, 0.3) is 22.4 Å². The fourth-order valence-electron chi connectivity index (χ4n) is 4.67. The highest BCUT2D eigenvalue weighted by Gasteiger charge is 2.23. The Hall–Kier alpha value is -2.87. The standard InChI is InChI=1S/C23H31N7O/c1-16-9-8-10-17(2)29(16)13-6-3-7-14-30-20-12-5-4-11-18(20)26-21(22(30)31)19-15-25-28-23(24)27-19/h4-5,11-12,15-17H,3,6-10,13-14H2,1-2H3,(H2,24,27,28)/t16-,17+. The second kappa shape index (κ2) is 9.51. The smallest absolute Gasteiger partial charge is 0.279 e. The minimum absolute atomic E-state index is 0.0274. The van der Waals surface area contributed by atoms with E-state index in [-0.39, 0.29) is 17.2 Å². The molecule has 2 N–H and O–H groups in total. The molecule has 1 saturated heterocycles. The third kappa shape index (κ3) is 4.74. The van der Waals surface area contributed by atoms with Crippen LogP contribution in [-0.2, 0) is 6.54 Å². The van der Waals surface area contributed by atoms with E-state index < -0.39 is 0 Å². The summed E-state index contributed by atoms with van der Waals surface area (Å²) in [7, 11) is 0. The van der Waals surface area contributed by atoms with Crippen molar-refractivity contribution in [1.29, 1.82) is 0 Å². The number of hydrogen-bond donors (Lipinski definition) is 1. The molecule has 1 aliphatic heterocycles. The lowest BCUT2D eigenvalue weighted by molar-refractivity contribution is 0.101. The number of para-hydroxylation sites is 2. The fraction of sp³-hybridized carbons (Fsp3) is 0.522. The summed E-state index contributed by atoms with van der Waals surface area (Å²) in [6.45, 7) is 6.46. The highest BCUT2D eigenvalue weighted by molar-refractivity contribution is 5.77. The van der Waals surface area contributed by atoms with Crippen molar-refractivity contribution in [2.45, 2.75) is 71.0 Å². The second-order valence-electron chi connectivity index (χ2n) is 8.53. The van der Waals surface area contributed by atoms with Crippen LogP contribution in [0.3, 0.4) is 0 Å². The van der Waals surface area contributed by atoms with Gasteiger partial charge in [-0.15, -0.1) is 5.10 Å². The number of benzene rings is 1. The first-order chi connectivity index (χ1) is 15.0. The summed E-state index contributed by atoms with van der Waals surface area (Å²) in [5, 5.41) is 7.50. The first kappa shape index (κ1) is 21.4. The van der Waals surface area contributed by atoms with Crippen LogP contribution >= 0.6 is 0 Å². The number of anilines is 1. The highest BCUT2D eigenvalue weighted by atomic mass is 16.1. The molecule has 0 aliphatic carbocycles. The average molecular weight is 422 g/mol. The Balaban J connectivity index is 1.49. The molecule has 0 radical (unpaired) electrons. The molecule has 1 fully saturated rings. The Bertz CT molecular complexity index is 1090. The lowest BCUT2D eigenvalue weighted by atomic mass is 9.97. The van der Waals surface area contributed by atoms with E-state index in [1.807, 2.05) is 28.8 Å². The molecule has 2 aromatic heterocycles. The van der Waals surface area contributed by atoms with Gasteiger partial charge in [0.1, 0.15) is 5.69 Å². The maximum absolute atomic E-state index is 13.3. The van der Waals surface area contributed by atoms with Crippen molar-refractivity contribution in [2.75, 3.05) is 12.3 Å². The monoisotopic (exact) mass is 421 g/mol. The summed E-state index contributed by atoms with van der Waals surface area (Å²) >= 11 is 0. The molecule has 31 heavy (non-hydrogen) atoms. The van der Waals surface area contributed by atoms with Crippen molar-refractivity contribution in [2.24, 2.45) is 0 Å². The molecule has 164 valence electrons. The Morgan fingerprint density at radius 3 is 2.55 bits per heavy atom. The molecule has 0 unspecified atom stereocenters. The molecule has 8 heteroatoms. The molecule has 0 bridgehead atoms. The van der Waals surface area contributed by atoms with Crippen molar-refractivity contribution in [3.8, 4) is 11.4 Å². The normalized spacial score (nSPS) is 19.7. The number of unbranched alkanes of at least 4 members (excludes halogenated alkanes) is 2. The van der Waals surface area contributed by atoms with Crippen molar-refractivity contribution in [3.63, 3.8) is 0 Å². The number of aromatic nitrogens is 5. The van der Waals surface area contributed by atoms with Crippen LogP contribution in [-0.4, -0.2) is 48.3 Å². The number of aryl methyl sites for hydroxylation is 1. The van der Waals surface area contributed by atoms with E-state index in [0.29, 0.717) is 24.3 Å². The van der Waals surface area contributed by atoms with Gasteiger partial charge in [0.2, 0.25) is 5.95 Å². The third-order valence-electron chi connectivity index (χ3n) is 6.34. The van der Waals surface area contributed by atoms with E-state index in [9.17, 15) is 4.79 Å². The Morgan fingerprint density at radius 2 is 1.77 bits per heavy atom. The van der Waals surface area contributed by atoms with Gasteiger partial charge in [-0.25, -0.2) is 9.97 Å². The Kier molecular flexibility index (Phi) is 6.56. The maximum atomic E-state index is 13.3. The van der Waals surface area contributed by atoms with Crippen molar-refractivity contribution in [1.82, 2.24) is 29.6 Å². The van der Waals surface area contributed by atoms with Gasteiger partial charge in [-0.05, 0) is 58.2 Å². The molecule has 0 amide bonds. The fourth-order valence-corrected chi connectivity index (χ4v) is 4.67. The summed E-state index contributed by atoms with van der Waals surface area (Å²) in [6.07, 6.45) is 8.53.